The Bertz CT molecular complexity index is 420. The molecule has 2 N–H and O–H groups in total. The molecule has 0 saturated carbocycles. The predicted molar refractivity (Wildman–Crippen MR) is 83.8 cm³/mol. The fourth-order valence-electron chi connectivity index (χ4n) is 3.86. The Kier molecular flexibility index (Phi) is 4.39. The molecule has 110 valence electrons. The molecule has 1 aromatic carbocycles. The predicted octanol–water partition coefficient (Wildman–Crippen LogP) is 1.72. The first-order valence-electron chi connectivity index (χ1n) is 7.96. The van der Waals surface area contributed by atoms with Crippen LogP contribution >= 0.6 is 0 Å². The number of hydrogen-bond acceptors (Lipinski definition) is 3. The molecule has 2 saturated heterocycles. The van der Waals surface area contributed by atoms with Crippen LogP contribution < -0.4 is 5.73 Å². The number of fused-ring (bicyclic) bond motifs is 2. The lowest BCUT2D eigenvalue weighted by Crippen LogP contribution is -2.43. The van der Waals surface area contributed by atoms with Crippen molar-refractivity contribution in [3.05, 3.63) is 35.9 Å². The largest absolute Gasteiger partial charge is 0.326 e. The van der Waals surface area contributed by atoms with E-state index in [9.17, 15) is 0 Å². The van der Waals surface area contributed by atoms with Crippen LogP contribution in [0.2, 0.25) is 0 Å². The molecule has 2 bridgehead atoms. The zero-order valence-electron chi connectivity index (χ0n) is 12.5. The van der Waals surface area contributed by atoms with Crippen LogP contribution in [0.1, 0.15) is 24.8 Å². The van der Waals surface area contributed by atoms with E-state index in [-0.39, 0.29) is 6.04 Å². The molecule has 3 unspecified atom stereocenters. The van der Waals surface area contributed by atoms with E-state index in [4.69, 9.17) is 5.73 Å². The van der Waals surface area contributed by atoms with E-state index in [1.165, 1.54) is 37.9 Å². The Hall–Kier alpha value is -0.900. The minimum atomic E-state index is 0.249. The van der Waals surface area contributed by atoms with Crippen molar-refractivity contribution in [2.24, 2.45) is 5.73 Å². The molecule has 2 fully saturated rings. The Balaban J connectivity index is 1.53. The maximum Gasteiger partial charge on any atom is 0.0223 e. The van der Waals surface area contributed by atoms with Crippen molar-refractivity contribution in [1.82, 2.24) is 9.80 Å². The van der Waals surface area contributed by atoms with E-state index in [0.717, 1.165) is 25.0 Å². The highest BCUT2D eigenvalue weighted by molar-refractivity contribution is 5.15. The normalized spacial score (nSPS) is 29.3. The Labute approximate surface area is 122 Å². The van der Waals surface area contributed by atoms with Crippen LogP contribution in [0.15, 0.2) is 30.3 Å². The van der Waals surface area contributed by atoms with E-state index >= 15 is 0 Å². The number of likely N-dealkylation sites (N-methyl/N-ethyl adjacent to an activating group) is 1. The first-order chi connectivity index (χ1) is 9.72. The molecule has 3 atom stereocenters. The minimum Gasteiger partial charge on any atom is -0.326 e. The van der Waals surface area contributed by atoms with Crippen LogP contribution in [0.3, 0.4) is 0 Å². The summed E-state index contributed by atoms with van der Waals surface area (Å²) in [5.41, 5.74) is 7.72. The van der Waals surface area contributed by atoms with Crippen molar-refractivity contribution in [2.75, 3.05) is 26.7 Å². The SMILES string of the molecule is CN1C2CCC1CN(CC(N)Cc1ccccc1)CC2. The molecule has 0 aromatic heterocycles. The second-order valence-corrected chi connectivity index (χ2v) is 6.55. The average molecular weight is 273 g/mol. The number of benzene rings is 1. The molecule has 3 heteroatoms. The van der Waals surface area contributed by atoms with E-state index in [1.807, 2.05) is 0 Å². The van der Waals surface area contributed by atoms with Crippen molar-refractivity contribution in [2.45, 2.75) is 43.8 Å². The van der Waals surface area contributed by atoms with Gasteiger partial charge in [0.2, 0.25) is 0 Å². The second-order valence-electron chi connectivity index (χ2n) is 6.55. The van der Waals surface area contributed by atoms with Crippen molar-refractivity contribution in [1.29, 1.82) is 0 Å². The van der Waals surface area contributed by atoms with Crippen molar-refractivity contribution in [3.8, 4) is 0 Å². The van der Waals surface area contributed by atoms with Gasteiger partial charge in [-0.05, 0) is 44.8 Å². The van der Waals surface area contributed by atoms with Gasteiger partial charge < -0.3 is 10.6 Å². The lowest BCUT2D eigenvalue weighted by atomic mass is 10.0. The molecule has 3 rings (SSSR count). The number of hydrogen-bond donors (Lipinski definition) is 1. The van der Waals surface area contributed by atoms with E-state index in [2.05, 4.69) is 47.2 Å². The smallest absolute Gasteiger partial charge is 0.0223 e. The highest BCUT2D eigenvalue weighted by Crippen LogP contribution is 2.28. The summed E-state index contributed by atoms with van der Waals surface area (Å²) in [6, 6.07) is 12.4. The van der Waals surface area contributed by atoms with Crippen LogP contribution in [-0.2, 0) is 6.42 Å². The van der Waals surface area contributed by atoms with Gasteiger partial charge in [0.15, 0.2) is 0 Å². The molecule has 2 heterocycles. The molecule has 0 aliphatic carbocycles. The third-order valence-electron chi connectivity index (χ3n) is 5.07. The summed E-state index contributed by atoms with van der Waals surface area (Å²) >= 11 is 0. The van der Waals surface area contributed by atoms with E-state index < -0.39 is 0 Å². The van der Waals surface area contributed by atoms with Gasteiger partial charge in [-0.2, -0.15) is 0 Å². The van der Waals surface area contributed by atoms with Crippen LogP contribution in [-0.4, -0.2) is 54.6 Å². The summed E-state index contributed by atoms with van der Waals surface area (Å²) in [4.78, 5) is 5.19. The molecule has 0 radical (unpaired) electrons. The number of likely N-dealkylation sites (tertiary alicyclic amines) is 1. The second kappa shape index (κ2) is 6.25. The molecule has 20 heavy (non-hydrogen) atoms. The maximum atomic E-state index is 6.37. The maximum absolute atomic E-state index is 6.37. The summed E-state index contributed by atoms with van der Waals surface area (Å²) in [5, 5.41) is 0. The van der Waals surface area contributed by atoms with Gasteiger partial charge in [-0.25, -0.2) is 0 Å². The lowest BCUT2D eigenvalue weighted by Gasteiger charge is -2.28. The summed E-state index contributed by atoms with van der Waals surface area (Å²) < 4.78 is 0. The summed E-state index contributed by atoms with van der Waals surface area (Å²) in [6.07, 6.45) is 5.06. The van der Waals surface area contributed by atoms with Crippen LogP contribution in [0.4, 0.5) is 0 Å². The van der Waals surface area contributed by atoms with Crippen LogP contribution in [0.5, 0.6) is 0 Å². The highest BCUT2D eigenvalue weighted by atomic mass is 15.3. The molecule has 0 spiro atoms. The molecule has 1 aromatic rings. The molecular formula is C17H27N3. The number of nitrogens with two attached hydrogens (primary N) is 1. The zero-order valence-corrected chi connectivity index (χ0v) is 12.5. The Morgan fingerprint density at radius 1 is 1.15 bits per heavy atom. The third-order valence-corrected chi connectivity index (χ3v) is 5.07. The lowest BCUT2D eigenvalue weighted by molar-refractivity contribution is 0.211. The molecule has 2 aliphatic heterocycles. The molecule has 2 aliphatic rings. The van der Waals surface area contributed by atoms with Gasteiger partial charge in [0.25, 0.3) is 0 Å². The molecule has 3 nitrogen and oxygen atoms in total. The topological polar surface area (TPSA) is 32.5 Å². The van der Waals surface area contributed by atoms with Gasteiger partial charge in [0, 0.05) is 31.2 Å². The van der Waals surface area contributed by atoms with Gasteiger partial charge in [-0.3, -0.25) is 4.90 Å². The molecule has 0 amide bonds. The highest BCUT2D eigenvalue weighted by Gasteiger charge is 2.34. The third kappa shape index (κ3) is 3.22. The van der Waals surface area contributed by atoms with Crippen molar-refractivity contribution < 1.29 is 0 Å². The Morgan fingerprint density at radius 3 is 2.70 bits per heavy atom. The van der Waals surface area contributed by atoms with E-state index in [0.29, 0.717) is 0 Å². The van der Waals surface area contributed by atoms with Gasteiger partial charge in [0.1, 0.15) is 0 Å². The number of rotatable bonds is 4. The summed E-state index contributed by atoms with van der Waals surface area (Å²) in [5.74, 6) is 0. The van der Waals surface area contributed by atoms with Gasteiger partial charge in [-0.15, -0.1) is 0 Å². The van der Waals surface area contributed by atoms with Crippen molar-refractivity contribution >= 4 is 0 Å². The fourth-order valence-corrected chi connectivity index (χ4v) is 3.86. The van der Waals surface area contributed by atoms with Crippen molar-refractivity contribution in [3.63, 3.8) is 0 Å². The fraction of sp³-hybridized carbons (Fsp3) is 0.647. The van der Waals surface area contributed by atoms with Gasteiger partial charge in [-0.1, -0.05) is 30.3 Å². The van der Waals surface area contributed by atoms with Gasteiger partial charge in [0.05, 0.1) is 0 Å². The first-order valence-corrected chi connectivity index (χ1v) is 7.96. The monoisotopic (exact) mass is 273 g/mol. The first kappa shape index (κ1) is 14.1. The van der Waals surface area contributed by atoms with E-state index in [1.54, 1.807) is 0 Å². The van der Waals surface area contributed by atoms with Gasteiger partial charge >= 0.3 is 0 Å². The Morgan fingerprint density at radius 2 is 1.90 bits per heavy atom. The summed E-state index contributed by atoms with van der Waals surface area (Å²) in [6.45, 7) is 3.45. The number of nitrogens with zero attached hydrogens (tertiary/aromatic N) is 2. The molecular weight excluding hydrogens is 246 g/mol. The quantitative estimate of drug-likeness (QED) is 0.907. The van der Waals surface area contributed by atoms with Crippen LogP contribution in [0.25, 0.3) is 0 Å². The minimum absolute atomic E-state index is 0.249. The zero-order chi connectivity index (χ0) is 13.9. The van der Waals surface area contributed by atoms with Crippen LogP contribution in [0, 0.1) is 0 Å². The standard InChI is InChI=1S/C17H27N3/c1-19-16-7-8-17(19)13-20(10-9-16)12-15(18)11-14-5-3-2-4-6-14/h2-6,15-17H,7-13,18H2,1H3. The average Bonchev–Trinajstić information content (AvgIpc) is 2.68. The summed E-state index contributed by atoms with van der Waals surface area (Å²) in [7, 11) is 2.30.